The van der Waals surface area contributed by atoms with Gasteiger partial charge in [-0.2, -0.15) is 0 Å². The molecule has 0 saturated carbocycles. The summed E-state index contributed by atoms with van der Waals surface area (Å²) in [6.45, 7) is 3.86. The molecule has 7 heteroatoms. The monoisotopic (exact) mass is 453 g/mol. The van der Waals surface area contributed by atoms with Gasteiger partial charge < -0.3 is 4.57 Å². The number of amides is 4. The molecule has 4 aromatic rings. The Morgan fingerprint density at radius 3 is 2.35 bits per heavy atom. The Labute approximate surface area is 194 Å². The van der Waals surface area contributed by atoms with Crippen LogP contribution in [0.2, 0.25) is 0 Å². The molecule has 0 aliphatic carbocycles. The number of aromatic nitrogens is 1. The Kier molecular flexibility index (Phi) is 5.09. The molecule has 1 saturated heterocycles. The highest BCUT2D eigenvalue weighted by Gasteiger charge is 2.37. The predicted octanol–water partition coefficient (Wildman–Crippen LogP) is 5.05. The number of imide groups is 2. The minimum absolute atomic E-state index is 0.170. The second kappa shape index (κ2) is 8.12. The maximum Gasteiger partial charge on any atom is 0.335 e. The van der Waals surface area contributed by atoms with E-state index in [1.807, 2.05) is 62.4 Å². The number of aryl methyl sites for hydroxylation is 1. The fourth-order valence-corrected chi connectivity index (χ4v) is 4.35. The van der Waals surface area contributed by atoms with E-state index in [0.717, 1.165) is 44.9 Å². The Balaban J connectivity index is 1.59. The van der Waals surface area contributed by atoms with Crippen molar-refractivity contribution in [2.24, 2.45) is 0 Å². The van der Waals surface area contributed by atoms with Gasteiger partial charge in [0.25, 0.3) is 11.8 Å². The zero-order chi connectivity index (χ0) is 24.0. The first-order chi connectivity index (χ1) is 16.3. The maximum absolute atomic E-state index is 13.3. The molecule has 1 aliphatic heterocycles. The summed E-state index contributed by atoms with van der Waals surface area (Å²) in [4.78, 5) is 39.0. The second-order valence-corrected chi connectivity index (χ2v) is 8.09. The lowest BCUT2D eigenvalue weighted by atomic mass is 10.1. The highest BCUT2D eigenvalue weighted by molar-refractivity contribution is 6.39. The van der Waals surface area contributed by atoms with E-state index in [4.69, 9.17) is 0 Å². The number of urea groups is 1. The van der Waals surface area contributed by atoms with Crippen LogP contribution in [0.15, 0.2) is 78.4 Å². The highest BCUT2D eigenvalue weighted by atomic mass is 19.1. The largest absolute Gasteiger partial charge is 0.335 e. The molecular weight excluding hydrogens is 433 g/mol. The number of carbonyl (C=O) groups is 3. The summed E-state index contributed by atoms with van der Waals surface area (Å²) >= 11 is 0. The number of hydrogen-bond acceptors (Lipinski definition) is 3. The third kappa shape index (κ3) is 3.47. The van der Waals surface area contributed by atoms with Gasteiger partial charge in [0.2, 0.25) is 0 Å². The molecule has 4 amide bonds. The van der Waals surface area contributed by atoms with Crippen molar-refractivity contribution in [3.05, 3.63) is 101 Å². The van der Waals surface area contributed by atoms with E-state index >= 15 is 0 Å². The predicted molar refractivity (Wildman–Crippen MR) is 128 cm³/mol. The molecule has 1 N–H and O–H groups in total. The van der Waals surface area contributed by atoms with Crippen molar-refractivity contribution < 1.29 is 18.8 Å². The van der Waals surface area contributed by atoms with Gasteiger partial charge in [-0.25, -0.2) is 14.1 Å². The number of halogens is 1. The molecule has 6 nitrogen and oxygen atoms in total. The van der Waals surface area contributed by atoms with Crippen LogP contribution in [-0.2, 0) is 9.59 Å². The lowest BCUT2D eigenvalue weighted by Gasteiger charge is -2.26. The number of barbiturate groups is 1. The van der Waals surface area contributed by atoms with E-state index in [1.165, 1.54) is 18.2 Å². The van der Waals surface area contributed by atoms with Crippen molar-refractivity contribution in [3.63, 3.8) is 0 Å². The Morgan fingerprint density at radius 1 is 0.882 bits per heavy atom. The highest BCUT2D eigenvalue weighted by Crippen LogP contribution is 2.29. The van der Waals surface area contributed by atoms with E-state index in [9.17, 15) is 18.8 Å². The van der Waals surface area contributed by atoms with Crippen LogP contribution in [-0.4, -0.2) is 22.4 Å². The first-order valence-corrected chi connectivity index (χ1v) is 10.7. The minimum atomic E-state index is -0.875. The van der Waals surface area contributed by atoms with Crippen molar-refractivity contribution in [1.82, 2.24) is 9.88 Å². The summed E-state index contributed by atoms with van der Waals surface area (Å²) in [7, 11) is 0. The van der Waals surface area contributed by atoms with Crippen LogP contribution in [0.3, 0.4) is 0 Å². The molecule has 2 heterocycles. The second-order valence-electron chi connectivity index (χ2n) is 8.09. The quantitative estimate of drug-likeness (QED) is 0.348. The lowest BCUT2D eigenvalue weighted by molar-refractivity contribution is -0.122. The van der Waals surface area contributed by atoms with Gasteiger partial charge in [0, 0.05) is 16.8 Å². The number of hydrogen-bond donors (Lipinski definition) is 1. The van der Waals surface area contributed by atoms with Gasteiger partial charge in [0.05, 0.1) is 11.4 Å². The van der Waals surface area contributed by atoms with Crippen LogP contribution in [0.1, 0.15) is 17.0 Å². The third-order valence-electron chi connectivity index (χ3n) is 5.96. The van der Waals surface area contributed by atoms with Crippen molar-refractivity contribution in [1.29, 1.82) is 0 Å². The number of benzene rings is 3. The Bertz CT molecular complexity index is 1510. The normalized spacial score (nSPS) is 15.3. The van der Waals surface area contributed by atoms with Crippen molar-refractivity contribution in [2.75, 3.05) is 4.90 Å². The average Bonchev–Trinajstić information content (AvgIpc) is 3.10. The Hall–Kier alpha value is -4.52. The smallest absolute Gasteiger partial charge is 0.317 e. The van der Waals surface area contributed by atoms with Gasteiger partial charge in [-0.05, 0) is 67.3 Å². The summed E-state index contributed by atoms with van der Waals surface area (Å²) < 4.78 is 15.4. The minimum Gasteiger partial charge on any atom is -0.317 e. The van der Waals surface area contributed by atoms with Crippen LogP contribution in [0.5, 0.6) is 0 Å². The first kappa shape index (κ1) is 21.3. The average molecular weight is 453 g/mol. The van der Waals surface area contributed by atoms with Gasteiger partial charge in [0.1, 0.15) is 11.4 Å². The molecule has 34 heavy (non-hydrogen) atoms. The van der Waals surface area contributed by atoms with E-state index in [1.54, 1.807) is 0 Å². The van der Waals surface area contributed by atoms with Gasteiger partial charge in [0.15, 0.2) is 0 Å². The zero-order valence-electron chi connectivity index (χ0n) is 18.5. The number of nitrogens with one attached hydrogen (secondary N) is 1. The van der Waals surface area contributed by atoms with Crippen molar-refractivity contribution in [3.8, 4) is 5.69 Å². The summed E-state index contributed by atoms with van der Waals surface area (Å²) in [6, 6.07) is 20.0. The fraction of sp³-hybridized carbons (Fsp3) is 0.0741. The maximum atomic E-state index is 13.3. The molecule has 0 unspecified atom stereocenters. The van der Waals surface area contributed by atoms with Crippen LogP contribution in [0.4, 0.5) is 14.9 Å². The van der Waals surface area contributed by atoms with Crippen LogP contribution >= 0.6 is 0 Å². The molecule has 0 bridgehead atoms. The molecule has 0 spiro atoms. The van der Waals surface area contributed by atoms with Crippen LogP contribution in [0.25, 0.3) is 22.5 Å². The molecule has 5 rings (SSSR count). The number of carbonyl (C=O) groups excluding carboxylic acids is 3. The topological polar surface area (TPSA) is 71.4 Å². The SMILES string of the molecule is Cc1cc(/C=C2\C(=O)NC(=O)N(c3ccc(F)cc3)C2=O)c(C)n1-c1cccc2ccccc12. The van der Waals surface area contributed by atoms with Gasteiger partial charge >= 0.3 is 6.03 Å². The van der Waals surface area contributed by atoms with Gasteiger partial charge in [-0.15, -0.1) is 0 Å². The molecular formula is C27H20FN3O3. The van der Waals surface area contributed by atoms with Gasteiger partial charge in [-0.1, -0.05) is 36.4 Å². The van der Waals surface area contributed by atoms with E-state index in [0.29, 0.717) is 5.56 Å². The molecule has 0 radical (unpaired) electrons. The summed E-state index contributed by atoms with van der Waals surface area (Å²) in [5.41, 5.74) is 3.42. The molecule has 168 valence electrons. The zero-order valence-corrected chi connectivity index (χ0v) is 18.5. The molecule has 3 aromatic carbocycles. The first-order valence-electron chi connectivity index (χ1n) is 10.7. The van der Waals surface area contributed by atoms with Crippen molar-refractivity contribution >= 4 is 40.4 Å². The van der Waals surface area contributed by atoms with Gasteiger partial charge in [-0.3, -0.25) is 14.9 Å². The summed E-state index contributed by atoms with van der Waals surface area (Å²) in [6.07, 6.45) is 1.49. The summed E-state index contributed by atoms with van der Waals surface area (Å²) in [5, 5.41) is 4.37. The third-order valence-corrected chi connectivity index (χ3v) is 5.96. The van der Waals surface area contributed by atoms with Crippen molar-refractivity contribution in [2.45, 2.75) is 13.8 Å². The fourth-order valence-electron chi connectivity index (χ4n) is 4.35. The number of anilines is 1. The Morgan fingerprint density at radius 2 is 1.59 bits per heavy atom. The molecule has 1 fully saturated rings. The van der Waals surface area contributed by atoms with E-state index in [2.05, 4.69) is 9.88 Å². The van der Waals surface area contributed by atoms with Crippen LogP contribution in [0, 0.1) is 19.7 Å². The van der Waals surface area contributed by atoms with E-state index in [-0.39, 0.29) is 11.3 Å². The lowest BCUT2D eigenvalue weighted by Crippen LogP contribution is -2.54. The number of nitrogens with zero attached hydrogens (tertiary/aromatic N) is 2. The van der Waals surface area contributed by atoms with E-state index < -0.39 is 23.7 Å². The molecule has 1 aromatic heterocycles. The number of fused-ring (bicyclic) bond motifs is 1. The van der Waals surface area contributed by atoms with Crippen LogP contribution < -0.4 is 10.2 Å². The molecule has 0 atom stereocenters. The summed E-state index contributed by atoms with van der Waals surface area (Å²) in [5.74, 6) is -2.04. The molecule has 1 aliphatic rings. The number of rotatable bonds is 3. The standard InChI is InChI=1S/C27H20FN3O3/c1-16-14-19(17(2)30(16)24-9-5-7-18-6-3-4-8-22(18)24)15-23-25(32)29-27(34)31(26(23)33)21-12-10-20(28)11-13-21/h3-15H,1-2H3,(H,29,32,34)/b23-15+.